The number of nitrogens with two attached hydrogens (primary N) is 1. The fourth-order valence-corrected chi connectivity index (χ4v) is 3.15. The van der Waals surface area contributed by atoms with E-state index in [-0.39, 0.29) is 5.91 Å². The van der Waals surface area contributed by atoms with E-state index in [0.29, 0.717) is 34.8 Å². The smallest absolute Gasteiger partial charge is 0.225 e. The molecular weight excluding hydrogens is 286 g/mol. The van der Waals surface area contributed by atoms with Crippen molar-refractivity contribution >= 4 is 28.9 Å². The zero-order valence-electron chi connectivity index (χ0n) is 12.7. The van der Waals surface area contributed by atoms with Crippen molar-refractivity contribution < 1.29 is 4.79 Å². The number of nitrogens with one attached hydrogen (secondary N) is 1. The normalized spacial score (nSPS) is 19.1. The van der Waals surface area contributed by atoms with Crippen molar-refractivity contribution in [2.45, 2.75) is 39.2 Å². The van der Waals surface area contributed by atoms with E-state index in [2.05, 4.69) is 24.1 Å². The van der Waals surface area contributed by atoms with Crippen LogP contribution < -0.4 is 11.1 Å². The summed E-state index contributed by atoms with van der Waals surface area (Å²) >= 11 is 5.92. The van der Waals surface area contributed by atoms with Gasteiger partial charge in [-0.2, -0.15) is 0 Å². The van der Waals surface area contributed by atoms with Crippen LogP contribution in [0.2, 0.25) is 5.02 Å². The third-order valence-corrected chi connectivity index (χ3v) is 4.33. The van der Waals surface area contributed by atoms with E-state index >= 15 is 0 Å². The summed E-state index contributed by atoms with van der Waals surface area (Å²) in [5.74, 6) is 0.623. The highest BCUT2D eigenvalue weighted by Crippen LogP contribution is 2.25. The summed E-state index contributed by atoms with van der Waals surface area (Å²) in [5.41, 5.74) is 6.96. The van der Waals surface area contributed by atoms with E-state index in [0.717, 1.165) is 13.1 Å². The molecule has 0 saturated carbocycles. The van der Waals surface area contributed by atoms with Crippen molar-refractivity contribution in [2.75, 3.05) is 24.1 Å². The van der Waals surface area contributed by atoms with Crippen molar-refractivity contribution in [3.63, 3.8) is 0 Å². The number of amides is 1. The molecule has 1 aromatic rings. The van der Waals surface area contributed by atoms with Gasteiger partial charge < -0.3 is 11.1 Å². The lowest BCUT2D eigenvalue weighted by Crippen LogP contribution is -2.35. The number of benzene rings is 1. The number of carbonyl (C=O) groups excluding carboxylic acids is 1. The quantitative estimate of drug-likeness (QED) is 0.820. The Morgan fingerprint density at radius 3 is 3.00 bits per heavy atom. The average Bonchev–Trinajstić information content (AvgIpc) is 2.89. The molecule has 0 aliphatic carbocycles. The molecule has 1 heterocycles. The number of carbonyl (C=O) groups is 1. The first-order valence-electron chi connectivity index (χ1n) is 7.56. The molecule has 2 rings (SSSR count). The Morgan fingerprint density at radius 2 is 2.29 bits per heavy atom. The molecule has 1 atom stereocenters. The highest BCUT2D eigenvalue weighted by molar-refractivity contribution is 6.31. The summed E-state index contributed by atoms with van der Waals surface area (Å²) in [6.07, 6.45) is 2.95. The Morgan fingerprint density at radius 1 is 1.52 bits per heavy atom. The van der Waals surface area contributed by atoms with E-state index < -0.39 is 0 Å². The Labute approximate surface area is 131 Å². The summed E-state index contributed by atoms with van der Waals surface area (Å²) in [5, 5.41) is 3.41. The molecule has 3 N–H and O–H groups in total. The number of halogens is 1. The largest absolute Gasteiger partial charge is 0.397 e. The molecule has 21 heavy (non-hydrogen) atoms. The van der Waals surface area contributed by atoms with Gasteiger partial charge >= 0.3 is 0 Å². The highest BCUT2D eigenvalue weighted by atomic mass is 35.5. The second-order valence-electron chi connectivity index (χ2n) is 6.02. The molecule has 1 saturated heterocycles. The van der Waals surface area contributed by atoms with Crippen LogP contribution in [-0.4, -0.2) is 29.9 Å². The summed E-state index contributed by atoms with van der Waals surface area (Å²) in [7, 11) is 0. The molecule has 0 bridgehead atoms. The molecule has 0 radical (unpaired) electrons. The van der Waals surface area contributed by atoms with Gasteiger partial charge in [-0.15, -0.1) is 0 Å². The van der Waals surface area contributed by atoms with Gasteiger partial charge in [0.2, 0.25) is 5.91 Å². The third-order valence-electron chi connectivity index (χ3n) is 4.10. The van der Waals surface area contributed by atoms with Gasteiger partial charge in [0.25, 0.3) is 0 Å². The van der Waals surface area contributed by atoms with Crippen LogP contribution in [0.25, 0.3) is 0 Å². The molecule has 5 heteroatoms. The van der Waals surface area contributed by atoms with Crippen LogP contribution in [0.15, 0.2) is 18.2 Å². The summed E-state index contributed by atoms with van der Waals surface area (Å²) in [6, 6.07) is 5.70. The minimum Gasteiger partial charge on any atom is -0.397 e. The topological polar surface area (TPSA) is 58.4 Å². The molecule has 4 nitrogen and oxygen atoms in total. The van der Waals surface area contributed by atoms with Crippen molar-refractivity contribution in [3.05, 3.63) is 23.2 Å². The molecular formula is C16H24ClN3O. The van der Waals surface area contributed by atoms with Gasteiger partial charge in [0, 0.05) is 24.0 Å². The van der Waals surface area contributed by atoms with Crippen molar-refractivity contribution in [1.82, 2.24) is 4.90 Å². The fourth-order valence-electron chi connectivity index (χ4n) is 2.98. The molecule has 1 aliphatic rings. The maximum absolute atomic E-state index is 12.1. The second-order valence-corrected chi connectivity index (χ2v) is 6.46. The minimum atomic E-state index is -0.0154. The molecule has 0 aromatic heterocycles. The van der Waals surface area contributed by atoms with Crippen LogP contribution >= 0.6 is 11.6 Å². The maximum atomic E-state index is 12.1. The van der Waals surface area contributed by atoms with Gasteiger partial charge in [0.15, 0.2) is 0 Å². The maximum Gasteiger partial charge on any atom is 0.225 e. The average molecular weight is 310 g/mol. The van der Waals surface area contributed by atoms with Gasteiger partial charge in [0.1, 0.15) is 0 Å². The Hall–Kier alpha value is -1.26. The molecule has 1 aromatic carbocycles. The molecule has 116 valence electrons. The molecule has 1 unspecified atom stereocenters. The van der Waals surface area contributed by atoms with Gasteiger partial charge in [0.05, 0.1) is 11.4 Å². The van der Waals surface area contributed by atoms with E-state index in [1.165, 1.54) is 12.8 Å². The molecule has 1 amide bonds. The number of nitrogens with zero attached hydrogens (tertiary/aromatic N) is 1. The van der Waals surface area contributed by atoms with Crippen LogP contribution in [0, 0.1) is 5.92 Å². The predicted octanol–water partition coefficient (Wildman–Crippen LogP) is 3.37. The van der Waals surface area contributed by atoms with Crippen molar-refractivity contribution in [2.24, 2.45) is 5.92 Å². The van der Waals surface area contributed by atoms with Crippen LogP contribution in [-0.2, 0) is 4.79 Å². The zero-order chi connectivity index (χ0) is 15.4. The van der Waals surface area contributed by atoms with Gasteiger partial charge in [-0.3, -0.25) is 9.69 Å². The Bertz CT molecular complexity index is 504. The molecule has 0 spiro atoms. The highest BCUT2D eigenvalue weighted by Gasteiger charge is 2.26. The van der Waals surface area contributed by atoms with Crippen molar-refractivity contribution in [1.29, 1.82) is 0 Å². The molecule has 1 aliphatic heterocycles. The lowest BCUT2D eigenvalue weighted by atomic mass is 10.0. The summed E-state index contributed by atoms with van der Waals surface area (Å²) in [6.45, 7) is 6.38. The second kappa shape index (κ2) is 7.14. The number of nitrogen functional groups attached to an aromatic ring is 1. The van der Waals surface area contributed by atoms with Gasteiger partial charge in [-0.05, 0) is 43.5 Å². The number of rotatable bonds is 5. The summed E-state index contributed by atoms with van der Waals surface area (Å²) in [4.78, 5) is 14.5. The van der Waals surface area contributed by atoms with E-state index in [4.69, 9.17) is 17.3 Å². The van der Waals surface area contributed by atoms with Gasteiger partial charge in [-0.25, -0.2) is 0 Å². The van der Waals surface area contributed by atoms with Crippen LogP contribution in [0.1, 0.15) is 33.1 Å². The van der Waals surface area contributed by atoms with Gasteiger partial charge in [-0.1, -0.05) is 25.4 Å². The van der Waals surface area contributed by atoms with Crippen LogP contribution in [0.5, 0.6) is 0 Å². The Kier molecular flexibility index (Phi) is 5.48. The van der Waals surface area contributed by atoms with E-state index in [9.17, 15) is 4.79 Å². The van der Waals surface area contributed by atoms with E-state index in [1.54, 1.807) is 18.2 Å². The minimum absolute atomic E-state index is 0.0154. The number of hydrogen-bond donors (Lipinski definition) is 2. The van der Waals surface area contributed by atoms with Crippen molar-refractivity contribution in [3.8, 4) is 0 Å². The first-order valence-corrected chi connectivity index (χ1v) is 7.94. The number of anilines is 2. The van der Waals surface area contributed by atoms with E-state index in [1.807, 2.05) is 0 Å². The monoisotopic (exact) mass is 309 g/mol. The molecule has 1 fully saturated rings. The first-order chi connectivity index (χ1) is 9.97. The lowest BCUT2D eigenvalue weighted by molar-refractivity contribution is -0.116. The Balaban J connectivity index is 1.86. The SMILES string of the molecule is CC(C)C1CCCN1CCC(=O)Nc1cc(Cl)ccc1N. The van der Waals surface area contributed by atoms with Crippen LogP contribution in [0.4, 0.5) is 11.4 Å². The third kappa shape index (κ3) is 4.35. The summed E-state index contributed by atoms with van der Waals surface area (Å²) < 4.78 is 0. The first kappa shape index (κ1) is 16.1. The standard InChI is InChI=1S/C16H24ClN3O/c1-11(2)15-4-3-8-20(15)9-7-16(21)19-14-10-12(17)5-6-13(14)18/h5-6,10-11,15H,3-4,7-9,18H2,1-2H3,(H,19,21). The fraction of sp³-hybridized carbons (Fsp3) is 0.562. The lowest BCUT2D eigenvalue weighted by Gasteiger charge is -2.27. The van der Waals surface area contributed by atoms with Crippen LogP contribution in [0.3, 0.4) is 0 Å². The number of likely N-dealkylation sites (tertiary alicyclic amines) is 1. The number of hydrogen-bond acceptors (Lipinski definition) is 3. The zero-order valence-corrected chi connectivity index (χ0v) is 13.5. The predicted molar refractivity (Wildman–Crippen MR) is 88.5 cm³/mol.